The van der Waals surface area contributed by atoms with Gasteiger partial charge in [0.05, 0.1) is 4.92 Å². The van der Waals surface area contributed by atoms with Gasteiger partial charge in [-0.25, -0.2) is 0 Å². The fourth-order valence-corrected chi connectivity index (χ4v) is 3.92. The predicted octanol–water partition coefficient (Wildman–Crippen LogP) is 3.97. The Morgan fingerprint density at radius 2 is 1.79 bits per heavy atom. The number of non-ortho nitro benzene ring substituents is 1. The number of nitro groups is 1. The summed E-state index contributed by atoms with van der Waals surface area (Å²) in [6.45, 7) is 4.24. The zero-order valence-electron chi connectivity index (χ0n) is 13.5. The third-order valence-corrected chi connectivity index (χ3v) is 5.09. The van der Waals surface area contributed by atoms with Crippen LogP contribution in [0, 0.1) is 10.1 Å². The van der Waals surface area contributed by atoms with Crippen LogP contribution in [-0.2, 0) is 10.2 Å². The highest BCUT2D eigenvalue weighted by Crippen LogP contribution is 2.60. The molecule has 0 bridgehead atoms. The predicted molar refractivity (Wildman–Crippen MR) is 88.1 cm³/mol. The van der Waals surface area contributed by atoms with Gasteiger partial charge in [-0.15, -0.1) is 0 Å². The van der Waals surface area contributed by atoms with Crippen LogP contribution in [0.15, 0.2) is 48.5 Å². The van der Waals surface area contributed by atoms with Crippen molar-refractivity contribution >= 4 is 11.5 Å². The first-order chi connectivity index (χ1) is 11.3. The zero-order chi connectivity index (χ0) is 17.1. The summed E-state index contributed by atoms with van der Waals surface area (Å²) in [5.74, 6) is 0.0146. The summed E-state index contributed by atoms with van der Waals surface area (Å²) >= 11 is 0. The molecule has 122 valence electrons. The second-order valence-electron chi connectivity index (χ2n) is 7.17. The Hall–Kier alpha value is -2.53. The van der Waals surface area contributed by atoms with Crippen LogP contribution in [0.1, 0.15) is 47.9 Å². The lowest BCUT2D eigenvalue weighted by Crippen LogP contribution is -2.40. The first-order valence-electron chi connectivity index (χ1n) is 7.92. The molecule has 5 heteroatoms. The Labute approximate surface area is 139 Å². The van der Waals surface area contributed by atoms with Crippen LogP contribution in [0.5, 0.6) is 0 Å². The van der Waals surface area contributed by atoms with Crippen molar-refractivity contribution in [2.75, 3.05) is 0 Å². The van der Waals surface area contributed by atoms with Crippen molar-refractivity contribution in [3.63, 3.8) is 0 Å². The summed E-state index contributed by atoms with van der Waals surface area (Å²) in [7, 11) is 0. The van der Waals surface area contributed by atoms with E-state index in [-0.39, 0.29) is 23.0 Å². The number of rotatable bonds is 2. The van der Waals surface area contributed by atoms with Crippen LogP contribution >= 0.6 is 0 Å². The number of ether oxygens (including phenoxy) is 1. The quantitative estimate of drug-likeness (QED) is 0.476. The molecule has 5 nitrogen and oxygen atoms in total. The van der Waals surface area contributed by atoms with Gasteiger partial charge in [0.15, 0.2) is 11.4 Å². The van der Waals surface area contributed by atoms with Gasteiger partial charge < -0.3 is 4.74 Å². The van der Waals surface area contributed by atoms with Crippen molar-refractivity contribution in [1.29, 1.82) is 0 Å². The summed E-state index contributed by atoms with van der Waals surface area (Å²) in [6.07, 6.45) is 0.274. The second kappa shape index (κ2) is 4.74. The molecule has 1 aliphatic carbocycles. The lowest BCUT2D eigenvalue weighted by Gasteiger charge is -2.35. The molecule has 0 radical (unpaired) electrons. The number of nitro benzene ring substituents is 1. The average Bonchev–Trinajstić information content (AvgIpc) is 3.27. The minimum absolute atomic E-state index is 0.0146. The van der Waals surface area contributed by atoms with Gasteiger partial charge in [-0.2, -0.15) is 0 Å². The van der Waals surface area contributed by atoms with Gasteiger partial charge in [0.2, 0.25) is 0 Å². The van der Waals surface area contributed by atoms with E-state index in [1.54, 1.807) is 12.1 Å². The molecule has 0 N–H and O–H groups in total. The number of benzene rings is 2. The van der Waals surface area contributed by atoms with E-state index in [0.717, 1.165) is 16.7 Å². The van der Waals surface area contributed by atoms with Crippen molar-refractivity contribution in [3.8, 4) is 0 Å². The molecular formula is C19H17NO4. The summed E-state index contributed by atoms with van der Waals surface area (Å²) in [6, 6.07) is 14.0. The highest BCUT2D eigenvalue weighted by Gasteiger charge is 2.66. The molecule has 2 aromatic carbocycles. The Balaban J connectivity index is 1.71. The molecular weight excluding hydrogens is 306 g/mol. The number of ketones is 1. The number of hydrogen-bond acceptors (Lipinski definition) is 4. The minimum Gasteiger partial charge on any atom is -0.352 e. The van der Waals surface area contributed by atoms with E-state index in [1.165, 1.54) is 12.1 Å². The fourth-order valence-electron chi connectivity index (χ4n) is 3.92. The molecule has 1 fully saturated rings. The molecule has 2 atom stereocenters. The molecule has 2 aliphatic rings. The van der Waals surface area contributed by atoms with E-state index >= 15 is 0 Å². The van der Waals surface area contributed by atoms with Crippen LogP contribution in [0.2, 0.25) is 0 Å². The van der Waals surface area contributed by atoms with E-state index in [9.17, 15) is 14.9 Å². The molecule has 0 saturated carbocycles. The number of hydrogen-bond donors (Lipinski definition) is 0. The first-order valence-corrected chi connectivity index (χ1v) is 7.92. The van der Waals surface area contributed by atoms with Crippen molar-refractivity contribution in [2.45, 2.75) is 37.4 Å². The molecule has 1 aliphatic heterocycles. The molecule has 1 heterocycles. The fraction of sp³-hybridized carbons (Fsp3) is 0.316. The number of carbonyl (C=O) groups excluding carboxylic acids is 1. The van der Waals surface area contributed by atoms with Crippen LogP contribution in [0.3, 0.4) is 0 Å². The third kappa shape index (κ3) is 2.01. The van der Waals surface area contributed by atoms with Gasteiger partial charge in [-0.3, -0.25) is 14.9 Å². The van der Waals surface area contributed by atoms with Crippen molar-refractivity contribution in [1.82, 2.24) is 0 Å². The van der Waals surface area contributed by atoms with E-state index in [1.807, 2.05) is 24.3 Å². The summed E-state index contributed by atoms with van der Waals surface area (Å²) in [5, 5.41) is 10.8. The Kier molecular flexibility index (Phi) is 2.97. The number of fused-ring (bicyclic) bond motifs is 1. The maximum atomic E-state index is 13.0. The number of nitrogens with zero attached hydrogens (tertiary/aromatic N) is 1. The molecule has 4 rings (SSSR count). The SMILES string of the molecule is CC1(C)C[C@@]2(O[C@H]2c2ccc([N+](=O)[O-])cc2)C(=O)c2ccccc21. The van der Waals surface area contributed by atoms with Gasteiger partial charge in [-0.1, -0.05) is 38.1 Å². The molecule has 24 heavy (non-hydrogen) atoms. The Morgan fingerprint density at radius 3 is 2.46 bits per heavy atom. The van der Waals surface area contributed by atoms with Gasteiger partial charge in [0, 0.05) is 17.7 Å². The normalized spacial score (nSPS) is 26.9. The van der Waals surface area contributed by atoms with Crippen molar-refractivity contribution < 1.29 is 14.5 Å². The Bertz CT molecular complexity index is 856. The maximum Gasteiger partial charge on any atom is 0.269 e. The maximum absolute atomic E-state index is 13.0. The zero-order valence-corrected chi connectivity index (χ0v) is 13.5. The van der Waals surface area contributed by atoms with Crippen LogP contribution < -0.4 is 0 Å². The van der Waals surface area contributed by atoms with Crippen LogP contribution in [0.4, 0.5) is 5.69 Å². The van der Waals surface area contributed by atoms with E-state index in [2.05, 4.69) is 13.8 Å². The molecule has 1 spiro atoms. The number of Topliss-reactive ketones (excluding diaryl/α,β-unsaturated/α-hetero) is 1. The van der Waals surface area contributed by atoms with E-state index in [4.69, 9.17) is 4.74 Å². The molecule has 2 aromatic rings. The number of carbonyl (C=O) groups is 1. The monoisotopic (exact) mass is 323 g/mol. The molecule has 0 unspecified atom stereocenters. The smallest absolute Gasteiger partial charge is 0.269 e. The van der Waals surface area contributed by atoms with Crippen molar-refractivity contribution in [3.05, 3.63) is 75.3 Å². The lowest BCUT2D eigenvalue weighted by atomic mass is 9.66. The van der Waals surface area contributed by atoms with Gasteiger partial charge in [-0.05, 0) is 35.1 Å². The second-order valence-corrected chi connectivity index (χ2v) is 7.17. The summed E-state index contributed by atoms with van der Waals surface area (Å²) in [4.78, 5) is 23.4. The van der Waals surface area contributed by atoms with Crippen molar-refractivity contribution in [2.24, 2.45) is 0 Å². The van der Waals surface area contributed by atoms with Gasteiger partial charge >= 0.3 is 0 Å². The van der Waals surface area contributed by atoms with Gasteiger partial charge in [0.25, 0.3) is 5.69 Å². The first kappa shape index (κ1) is 15.0. The molecule has 1 saturated heterocycles. The standard InChI is InChI=1S/C19H17NO4/c1-18(2)11-19(16(21)14-5-3-4-6-15(14)18)17(24-19)12-7-9-13(10-8-12)20(22)23/h3-10,17H,11H2,1-2H3/t17-,19+/m0/s1. The average molecular weight is 323 g/mol. The molecule has 0 aromatic heterocycles. The molecule has 0 amide bonds. The topological polar surface area (TPSA) is 72.7 Å². The van der Waals surface area contributed by atoms with Crippen LogP contribution in [0.25, 0.3) is 0 Å². The Morgan fingerprint density at radius 1 is 1.12 bits per heavy atom. The van der Waals surface area contributed by atoms with Crippen LogP contribution in [-0.4, -0.2) is 16.3 Å². The summed E-state index contributed by atoms with van der Waals surface area (Å²) in [5.41, 5.74) is 1.61. The van der Waals surface area contributed by atoms with Gasteiger partial charge in [0.1, 0.15) is 6.10 Å². The largest absolute Gasteiger partial charge is 0.352 e. The lowest BCUT2D eigenvalue weighted by molar-refractivity contribution is -0.384. The summed E-state index contributed by atoms with van der Waals surface area (Å²) < 4.78 is 5.92. The number of epoxide rings is 1. The highest BCUT2D eigenvalue weighted by atomic mass is 16.6. The third-order valence-electron chi connectivity index (χ3n) is 5.09. The highest BCUT2D eigenvalue weighted by molar-refractivity contribution is 6.07. The van der Waals surface area contributed by atoms with E-state index < -0.39 is 10.5 Å². The minimum atomic E-state index is -0.839. The van der Waals surface area contributed by atoms with E-state index in [0.29, 0.717) is 6.42 Å².